The molecular formula is C14H14BrClN2O2S. The number of nitrogens with zero attached hydrogens (tertiary/aromatic N) is 2. The molecular weight excluding hydrogens is 376 g/mol. The van der Waals surface area contributed by atoms with Gasteiger partial charge < -0.3 is 0 Å². The molecule has 4 nitrogen and oxygen atoms in total. The molecule has 0 unspecified atom stereocenters. The Balaban J connectivity index is 2.35. The van der Waals surface area contributed by atoms with E-state index in [0.29, 0.717) is 16.0 Å². The van der Waals surface area contributed by atoms with Gasteiger partial charge in [-0.25, -0.2) is 8.42 Å². The number of aromatic nitrogens is 1. The maximum Gasteiger partial charge on any atom is 0.244 e. The molecule has 0 bridgehead atoms. The predicted molar refractivity (Wildman–Crippen MR) is 86.7 cm³/mol. The Labute approximate surface area is 137 Å². The molecule has 0 aliphatic heterocycles. The van der Waals surface area contributed by atoms with E-state index in [9.17, 15) is 8.42 Å². The first-order valence-electron chi connectivity index (χ1n) is 6.29. The molecule has 1 aromatic carbocycles. The molecule has 21 heavy (non-hydrogen) atoms. The van der Waals surface area contributed by atoms with Crippen LogP contribution in [-0.4, -0.2) is 24.3 Å². The first-order valence-corrected chi connectivity index (χ1v) is 8.90. The molecule has 2 rings (SSSR count). The molecule has 7 heteroatoms. The van der Waals surface area contributed by atoms with Crippen LogP contribution in [0.5, 0.6) is 0 Å². The van der Waals surface area contributed by atoms with Gasteiger partial charge in [-0.05, 0) is 33.6 Å². The van der Waals surface area contributed by atoms with Gasteiger partial charge in [0.25, 0.3) is 0 Å². The van der Waals surface area contributed by atoms with Crippen LogP contribution in [0.2, 0.25) is 5.02 Å². The summed E-state index contributed by atoms with van der Waals surface area (Å²) < 4.78 is 27.3. The third-order valence-corrected chi connectivity index (χ3v) is 5.66. The Kier molecular flexibility index (Phi) is 5.37. The number of pyridine rings is 1. The van der Waals surface area contributed by atoms with Crippen LogP contribution in [0.25, 0.3) is 0 Å². The van der Waals surface area contributed by atoms with Crippen molar-refractivity contribution in [3.05, 3.63) is 57.8 Å². The van der Waals surface area contributed by atoms with E-state index in [1.165, 1.54) is 16.6 Å². The van der Waals surface area contributed by atoms with Gasteiger partial charge in [0.2, 0.25) is 10.0 Å². The quantitative estimate of drug-likeness (QED) is 0.783. The van der Waals surface area contributed by atoms with Crippen molar-refractivity contribution in [2.75, 3.05) is 6.54 Å². The van der Waals surface area contributed by atoms with Crippen molar-refractivity contribution in [1.29, 1.82) is 0 Å². The fourth-order valence-corrected chi connectivity index (χ4v) is 3.99. The van der Waals surface area contributed by atoms with Crippen molar-refractivity contribution < 1.29 is 8.42 Å². The lowest BCUT2D eigenvalue weighted by atomic mass is 10.2. The lowest BCUT2D eigenvalue weighted by molar-refractivity contribution is 0.423. The number of hydrogen-bond donors (Lipinski definition) is 0. The average Bonchev–Trinajstić information content (AvgIpc) is 2.46. The Morgan fingerprint density at radius 3 is 2.62 bits per heavy atom. The summed E-state index contributed by atoms with van der Waals surface area (Å²) in [5.41, 5.74) is 0.771. The highest BCUT2D eigenvalue weighted by molar-refractivity contribution is 9.10. The highest BCUT2D eigenvalue weighted by atomic mass is 79.9. The standard InChI is InChI=1S/C14H14BrClN2O2S/c1-2-18(10-11-5-3-4-6-14(11)16)21(19,20)13-7-12(15)8-17-9-13/h3-9H,2,10H2,1H3. The molecule has 0 atom stereocenters. The monoisotopic (exact) mass is 388 g/mol. The molecule has 0 radical (unpaired) electrons. The van der Waals surface area contributed by atoms with E-state index in [0.717, 1.165) is 5.56 Å². The Morgan fingerprint density at radius 2 is 2.00 bits per heavy atom. The van der Waals surface area contributed by atoms with Crippen LogP contribution in [0.3, 0.4) is 0 Å². The van der Waals surface area contributed by atoms with Crippen molar-refractivity contribution in [3.63, 3.8) is 0 Å². The first-order chi connectivity index (χ1) is 9.95. The molecule has 1 heterocycles. The van der Waals surface area contributed by atoms with Crippen molar-refractivity contribution in [1.82, 2.24) is 9.29 Å². The zero-order valence-electron chi connectivity index (χ0n) is 11.3. The third kappa shape index (κ3) is 3.83. The fraction of sp³-hybridized carbons (Fsp3) is 0.214. The van der Waals surface area contributed by atoms with Gasteiger partial charge in [-0.2, -0.15) is 4.31 Å². The molecule has 0 amide bonds. The van der Waals surface area contributed by atoms with Gasteiger partial charge in [0.05, 0.1) is 0 Å². The van der Waals surface area contributed by atoms with E-state index in [2.05, 4.69) is 20.9 Å². The minimum absolute atomic E-state index is 0.158. The first kappa shape index (κ1) is 16.4. The summed E-state index contributed by atoms with van der Waals surface area (Å²) in [7, 11) is -3.61. The van der Waals surface area contributed by atoms with E-state index in [1.54, 1.807) is 19.2 Å². The van der Waals surface area contributed by atoms with Crippen molar-refractivity contribution in [2.45, 2.75) is 18.4 Å². The molecule has 1 aromatic heterocycles. The summed E-state index contributed by atoms with van der Waals surface area (Å²) in [4.78, 5) is 4.07. The van der Waals surface area contributed by atoms with Gasteiger partial charge >= 0.3 is 0 Å². The van der Waals surface area contributed by atoms with Crippen LogP contribution in [0, 0.1) is 0 Å². The van der Waals surface area contributed by atoms with Crippen LogP contribution < -0.4 is 0 Å². The minimum atomic E-state index is -3.61. The van der Waals surface area contributed by atoms with Crippen LogP contribution in [0.4, 0.5) is 0 Å². The predicted octanol–water partition coefficient (Wildman–Crippen LogP) is 3.71. The number of benzene rings is 1. The molecule has 0 saturated heterocycles. The maximum absolute atomic E-state index is 12.7. The number of sulfonamides is 1. The van der Waals surface area contributed by atoms with Crippen molar-refractivity contribution in [3.8, 4) is 0 Å². The average molecular weight is 390 g/mol. The summed E-state index contributed by atoms with van der Waals surface area (Å²) in [5.74, 6) is 0. The van der Waals surface area contributed by atoms with Crippen LogP contribution >= 0.6 is 27.5 Å². The molecule has 112 valence electrons. The van der Waals surface area contributed by atoms with Crippen LogP contribution in [0.15, 0.2) is 52.1 Å². The second-order valence-corrected chi connectivity index (χ2v) is 7.62. The fourth-order valence-electron chi connectivity index (χ4n) is 1.87. The lowest BCUT2D eigenvalue weighted by Crippen LogP contribution is -2.30. The summed E-state index contributed by atoms with van der Waals surface area (Å²) in [6, 6.07) is 8.76. The Hall–Kier alpha value is -0.950. The number of rotatable bonds is 5. The molecule has 2 aromatic rings. The Bertz CT molecular complexity index is 737. The minimum Gasteiger partial charge on any atom is -0.262 e. The third-order valence-electron chi connectivity index (χ3n) is 2.97. The zero-order valence-corrected chi connectivity index (χ0v) is 14.5. The second kappa shape index (κ2) is 6.87. The van der Waals surface area contributed by atoms with Gasteiger partial charge in [0, 0.05) is 35.0 Å². The number of halogens is 2. The smallest absolute Gasteiger partial charge is 0.244 e. The van der Waals surface area contributed by atoms with Gasteiger partial charge in [-0.3, -0.25) is 4.98 Å². The van der Waals surface area contributed by atoms with Crippen LogP contribution in [0.1, 0.15) is 12.5 Å². The van der Waals surface area contributed by atoms with Crippen molar-refractivity contribution >= 4 is 37.6 Å². The maximum atomic E-state index is 12.7. The van der Waals surface area contributed by atoms with Gasteiger partial charge in [0.15, 0.2) is 0 Å². The summed E-state index contributed by atoms with van der Waals surface area (Å²) in [6.07, 6.45) is 2.89. The highest BCUT2D eigenvalue weighted by Crippen LogP contribution is 2.23. The second-order valence-electron chi connectivity index (χ2n) is 4.36. The van der Waals surface area contributed by atoms with Crippen molar-refractivity contribution in [2.24, 2.45) is 0 Å². The topological polar surface area (TPSA) is 50.3 Å². The highest BCUT2D eigenvalue weighted by Gasteiger charge is 2.24. The van der Waals surface area contributed by atoms with Gasteiger partial charge in [-0.15, -0.1) is 0 Å². The Morgan fingerprint density at radius 1 is 1.29 bits per heavy atom. The summed E-state index contributed by atoms with van der Waals surface area (Å²) in [5, 5.41) is 0.554. The van der Waals surface area contributed by atoms with E-state index in [1.807, 2.05) is 18.2 Å². The lowest BCUT2D eigenvalue weighted by Gasteiger charge is -2.21. The SMILES string of the molecule is CCN(Cc1ccccc1Cl)S(=O)(=O)c1cncc(Br)c1. The summed E-state index contributed by atoms with van der Waals surface area (Å²) in [6.45, 7) is 2.37. The molecule has 0 N–H and O–H groups in total. The van der Waals surface area contributed by atoms with E-state index < -0.39 is 10.0 Å². The molecule has 0 saturated carbocycles. The zero-order chi connectivity index (χ0) is 15.5. The van der Waals surface area contributed by atoms with E-state index in [4.69, 9.17) is 11.6 Å². The largest absolute Gasteiger partial charge is 0.262 e. The molecule has 0 aliphatic rings. The van der Waals surface area contributed by atoms with E-state index >= 15 is 0 Å². The summed E-state index contributed by atoms with van der Waals surface area (Å²) >= 11 is 9.34. The van der Waals surface area contributed by atoms with E-state index in [-0.39, 0.29) is 11.4 Å². The molecule has 0 fully saturated rings. The van der Waals surface area contributed by atoms with Gasteiger partial charge in [-0.1, -0.05) is 36.7 Å². The molecule has 0 aliphatic carbocycles. The normalized spacial score (nSPS) is 11.8. The van der Waals surface area contributed by atoms with Gasteiger partial charge in [0.1, 0.15) is 4.90 Å². The van der Waals surface area contributed by atoms with Crippen LogP contribution in [-0.2, 0) is 16.6 Å². The number of hydrogen-bond acceptors (Lipinski definition) is 3. The molecule has 0 spiro atoms.